The number of fused-ring (bicyclic) bond motifs is 1. The first-order valence-corrected chi connectivity index (χ1v) is 7.27. The van der Waals surface area contributed by atoms with Crippen LogP contribution in [0.2, 0.25) is 5.02 Å². The third-order valence-corrected chi connectivity index (χ3v) is 4.07. The molecule has 0 spiro atoms. The number of carbonyl (C=O) groups is 1. The molecule has 2 nitrogen and oxygen atoms in total. The SMILES string of the molecule is C=C(Cc1cc(Cl)cc2c1CC(=O)N2)c1ccccc1C. The smallest absolute Gasteiger partial charge is 0.228 e. The largest absolute Gasteiger partial charge is 0.325 e. The van der Waals surface area contributed by atoms with Crippen molar-refractivity contribution in [3.8, 4) is 0 Å². The van der Waals surface area contributed by atoms with E-state index < -0.39 is 0 Å². The minimum atomic E-state index is 0.0232. The molecule has 2 aromatic carbocycles. The summed E-state index contributed by atoms with van der Waals surface area (Å²) >= 11 is 6.16. The number of hydrogen-bond donors (Lipinski definition) is 1. The fourth-order valence-electron chi connectivity index (χ4n) is 2.82. The lowest BCUT2D eigenvalue weighted by Gasteiger charge is -2.12. The second-order valence-electron chi connectivity index (χ2n) is 5.41. The van der Waals surface area contributed by atoms with Crippen molar-refractivity contribution in [3.63, 3.8) is 0 Å². The van der Waals surface area contributed by atoms with E-state index in [1.807, 2.05) is 24.3 Å². The molecule has 0 atom stereocenters. The van der Waals surface area contributed by atoms with Gasteiger partial charge in [0.2, 0.25) is 5.91 Å². The summed E-state index contributed by atoms with van der Waals surface area (Å²) in [7, 11) is 0. The molecule has 1 aliphatic rings. The molecular weight excluding hydrogens is 282 g/mol. The van der Waals surface area contributed by atoms with Crippen molar-refractivity contribution in [3.05, 3.63) is 70.3 Å². The molecule has 0 saturated heterocycles. The van der Waals surface area contributed by atoms with Gasteiger partial charge in [0.05, 0.1) is 6.42 Å². The molecule has 0 fully saturated rings. The second kappa shape index (κ2) is 5.38. The summed E-state index contributed by atoms with van der Waals surface area (Å²) in [5.41, 5.74) is 6.35. The van der Waals surface area contributed by atoms with E-state index >= 15 is 0 Å². The lowest BCUT2D eigenvalue weighted by Crippen LogP contribution is -2.03. The highest BCUT2D eigenvalue weighted by molar-refractivity contribution is 6.31. The van der Waals surface area contributed by atoms with Gasteiger partial charge in [0.15, 0.2) is 0 Å². The molecule has 0 saturated carbocycles. The summed E-state index contributed by atoms with van der Waals surface area (Å²) in [4.78, 5) is 11.6. The molecule has 0 radical (unpaired) electrons. The Morgan fingerprint density at radius 1 is 1.33 bits per heavy atom. The lowest BCUT2D eigenvalue weighted by atomic mass is 9.93. The van der Waals surface area contributed by atoms with Crippen LogP contribution in [0.5, 0.6) is 0 Å². The zero-order valence-corrected chi connectivity index (χ0v) is 12.6. The molecule has 3 heteroatoms. The number of carbonyl (C=O) groups excluding carboxylic acids is 1. The van der Waals surface area contributed by atoms with E-state index in [1.54, 1.807) is 0 Å². The van der Waals surface area contributed by atoms with E-state index in [0.29, 0.717) is 17.9 Å². The Kier molecular flexibility index (Phi) is 3.56. The number of nitrogens with one attached hydrogen (secondary N) is 1. The number of amides is 1. The first-order valence-electron chi connectivity index (χ1n) is 6.89. The zero-order chi connectivity index (χ0) is 15.0. The molecule has 1 heterocycles. The third-order valence-electron chi connectivity index (χ3n) is 3.85. The van der Waals surface area contributed by atoms with Crippen LogP contribution in [0.1, 0.15) is 22.3 Å². The highest BCUT2D eigenvalue weighted by Crippen LogP contribution is 2.33. The summed E-state index contributed by atoms with van der Waals surface area (Å²) in [6.45, 7) is 6.28. The molecule has 1 aliphatic heterocycles. The standard InChI is InChI=1S/C18H16ClNO/c1-11-5-3-4-6-15(11)12(2)7-13-8-14(19)9-17-16(13)10-18(21)20-17/h3-6,8-9H,2,7,10H2,1H3,(H,20,21). The molecule has 0 unspecified atom stereocenters. The number of allylic oxidation sites excluding steroid dienone is 1. The van der Waals surface area contributed by atoms with Gasteiger partial charge >= 0.3 is 0 Å². The van der Waals surface area contributed by atoms with Gasteiger partial charge in [-0.3, -0.25) is 4.79 Å². The Labute approximate surface area is 129 Å². The normalized spacial score (nSPS) is 13.0. The van der Waals surface area contributed by atoms with Crippen LogP contribution in [-0.2, 0) is 17.6 Å². The highest BCUT2D eigenvalue weighted by Gasteiger charge is 2.22. The minimum Gasteiger partial charge on any atom is -0.325 e. The molecule has 0 aromatic heterocycles. The van der Waals surface area contributed by atoms with E-state index in [4.69, 9.17) is 11.6 Å². The summed E-state index contributed by atoms with van der Waals surface area (Å²) in [6.07, 6.45) is 1.12. The van der Waals surface area contributed by atoms with Crippen LogP contribution in [0, 0.1) is 6.92 Å². The lowest BCUT2D eigenvalue weighted by molar-refractivity contribution is -0.115. The summed E-state index contributed by atoms with van der Waals surface area (Å²) in [5.74, 6) is 0.0232. The molecule has 2 aromatic rings. The number of aryl methyl sites for hydroxylation is 1. The van der Waals surface area contributed by atoms with Crippen molar-refractivity contribution < 1.29 is 4.79 Å². The van der Waals surface area contributed by atoms with Crippen LogP contribution in [0.3, 0.4) is 0 Å². The number of benzene rings is 2. The minimum absolute atomic E-state index is 0.0232. The fourth-order valence-corrected chi connectivity index (χ4v) is 3.06. The van der Waals surface area contributed by atoms with E-state index in [2.05, 4.69) is 31.0 Å². The van der Waals surface area contributed by atoms with Gasteiger partial charge in [0.1, 0.15) is 0 Å². The van der Waals surface area contributed by atoms with Crippen LogP contribution in [0.15, 0.2) is 43.0 Å². The average Bonchev–Trinajstić information content (AvgIpc) is 2.79. The van der Waals surface area contributed by atoms with E-state index in [1.165, 1.54) is 5.56 Å². The van der Waals surface area contributed by atoms with E-state index in [0.717, 1.165) is 28.0 Å². The molecule has 3 rings (SSSR count). The number of anilines is 1. The van der Waals surface area contributed by atoms with Crippen LogP contribution in [-0.4, -0.2) is 5.91 Å². The summed E-state index contributed by atoms with van der Waals surface area (Å²) in [5, 5.41) is 3.49. The summed E-state index contributed by atoms with van der Waals surface area (Å²) < 4.78 is 0. The first kappa shape index (κ1) is 13.9. The molecule has 21 heavy (non-hydrogen) atoms. The maximum absolute atomic E-state index is 11.6. The van der Waals surface area contributed by atoms with Gasteiger partial charge in [-0.05, 0) is 53.3 Å². The predicted octanol–water partition coefficient (Wildman–Crippen LogP) is 4.40. The fraction of sp³-hybridized carbons (Fsp3) is 0.167. The number of halogens is 1. The van der Waals surface area contributed by atoms with Crippen molar-refractivity contribution >= 4 is 28.8 Å². The average molecular weight is 298 g/mol. The maximum Gasteiger partial charge on any atom is 0.228 e. The monoisotopic (exact) mass is 297 g/mol. The number of hydrogen-bond acceptors (Lipinski definition) is 1. The van der Waals surface area contributed by atoms with Crippen molar-refractivity contribution in [1.29, 1.82) is 0 Å². The third kappa shape index (κ3) is 2.72. The Hall–Kier alpha value is -2.06. The van der Waals surface area contributed by atoms with E-state index in [-0.39, 0.29) is 5.91 Å². The highest BCUT2D eigenvalue weighted by atomic mass is 35.5. The van der Waals surface area contributed by atoms with Crippen LogP contribution in [0.4, 0.5) is 5.69 Å². The molecule has 1 N–H and O–H groups in total. The second-order valence-corrected chi connectivity index (χ2v) is 5.85. The quantitative estimate of drug-likeness (QED) is 0.894. The maximum atomic E-state index is 11.6. The predicted molar refractivity (Wildman–Crippen MR) is 87.7 cm³/mol. The topological polar surface area (TPSA) is 29.1 Å². The number of rotatable bonds is 3. The van der Waals surface area contributed by atoms with Gasteiger partial charge in [-0.25, -0.2) is 0 Å². The van der Waals surface area contributed by atoms with Crippen LogP contribution < -0.4 is 5.32 Å². The van der Waals surface area contributed by atoms with Crippen LogP contribution in [0.25, 0.3) is 5.57 Å². The molecular formula is C18H16ClNO. The molecule has 1 amide bonds. The molecule has 0 bridgehead atoms. The van der Waals surface area contributed by atoms with Gasteiger partial charge in [-0.2, -0.15) is 0 Å². The summed E-state index contributed by atoms with van der Waals surface area (Å²) in [6, 6.07) is 11.9. The van der Waals surface area contributed by atoms with Gasteiger partial charge in [0, 0.05) is 10.7 Å². The van der Waals surface area contributed by atoms with Crippen molar-refractivity contribution in [2.45, 2.75) is 19.8 Å². The van der Waals surface area contributed by atoms with Crippen LogP contribution >= 0.6 is 11.6 Å². The van der Waals surface area contributed by atoms with Crippen molar-refractivity contribution in [1.82, 2.24) is 0 Å². The molecule has 106 valence electrons. The van der Waals surface area contributed by atoms with Gasteiger partial charge in [-0.1, -0.05) is 42.4 Å². The Morgan fingerprint density at radius 3 is 2.86 bits per heavy atom. The first-order chi connectivity index (χ1) is 10.0. The van der Waals surface area contributed by atoms with Gasteiger partial charge in [-0.15, -0.1) is 0 Å². The van der Waals surface area contributed by atoms with Gasteiger partial charge in [0.25, 0.3) is 0 Å². The van der Waals surface area contributed by atoms with Crippen molar-refractivity contribution in [2.24, 2.45) is 0 Å². The zero-order valence-electron chi connectivity index (χ0n) is 11.9. The van der Waals surface area contributed by atoms with Crippen molar-refractivity contribution in [2.75, 3.05) is 5.32 Å². The Bertz CT molecular complexity index is 749. The van der Waals surface area contributed by atoms with E-state index in [9.17, 15) is 4.79 Å². The Morgan fingerprint density at radius 2 is 2.10 bits per heavy atom. The molecule has 0 aliphatic carbocycles. The van der Waals surface area contributed by atoms with Gasteiger partial charge < -0.3 is 5.32 Å². The Balaban J connectivity index is 1.95.